The van der Waals surface area contributed by atoms with Crippen molar-refractivity contribution in [3.05, 3.63) is 76.8 Å². The summed E-state index contributed by atoms with van der Waals surface area (Å²) in [7, 11) is 0. The number of aromatic nitrogens is 4. The number of thiazole rings is 1. The van der Waals surface area contributed by atoms with Gasteiger partial charge in [-0.25, -0.2) is 9.78 Å². The van der Waals surface area contributed by atoms with Crippen molar-refractivity contribution in [2.75, 3.05) is 0 Å². The standard InChI is InChI=1S/C20H12N4O4S/c25-19-12-5-1-2-6-13(12)22-23-24(19)11-27-20(26)16-10-9-15(28-16)18-21-14-7-3-4-8-17(14)29-18/h1-10H,11H2. The highest BCUT2D eigenvalue weighted by atomic mass is 32.1. The molecule has 3 aromatic heterocycles. The van der Waals surface area contributed by atoms with Crippen LogP contribution in [0, 0.1) is 0 Å². The molecule has 2 aromatic carbocycles. The molecule has 0 radical (unpaired) electrons. The van der Waals surface area contributed by atoms with E-state index in [2.05, 4.69) is 15.3 Å². The van der Waals surface area contributed by atoms with Crippen LogP contribution in [-0.4, -0.2) is 25.9 Å². The fourth-order valence-corrected chi connectivity index (χ4v) is 3.77. The van der Waals surface area contributed by atoms with Gasteiger partial charge in [-0.2, -0.15) is 4.68 Å². The number of esters is 1. The first-order chi connectivity index (χ1) is 14.2. The maximum Gasteiger partial charge on any atom is 0.376 e. The number of fused-ring (bicyclic) bond motifs is 2. The number of ether oxygens (including phenoxy) is 1. The molecule has 0 aliphatic rings. The van der Waals surface area contributed by atoms with E-state index in [1.54, 1.807) is 30.3 Å². The minimum Gasteiger partial charge on any atom is -0.447 e. The van der Waals surface area contributed by atoms with E-state index in [4.69, 9.17) is 9.15 Å². The molecule has 0 aliphatic carbocycles. The summed E-state index contributed by atoms with van der Waals surface area (Å²) >= 11 is 1.47. The second-order valence-electron chi connectivity index (χ2n) is 6.12. The number of para-hydroxylation sites is 1. The Morgan fingerprint density at radius 1 is 1.03 bits per heavy atom. The van der Waals surface area contributed by atoms with Gasteiger partial charge < -0.3 is 9.15 Å². The van der Waals surface area contributed by atoms with E-state index in [-0.39, 0.29) is 12.5 Å². The second kappa shape index (κ2) is 6.95. The second-order valence-corrected chi connectivity index (χ2v) is 7.15. The molecule has 5 aromatic rings. The predicted molar refractivity (Wildman–Crippen MR) is 107 cm³/mol. The van der Waals surface area contributed by atoms with Crippen LogP contribution in [0.25, 0.3) is 31.9 Å². The lowest BCUT2D eigenvalue weighted by Gasteiger charge is -2.05. The van der Waals surface area contributed by atoms with Crippen LogP contribution in [0.2, 0.25) is 0 Å². The molecule has 3 heterocycles. The first kappa shape index (κ1) is 17.3. The molecule has 0 bridgehead atoms. The smallest absolute Gasteiger partial charge is 0.376 e. The Morgan fingerprint density at radius 2 is 1.83 bits per heavy atom. The third-order valence-corrected chi connectivity index (χ3v) is 5.31. The van der Waals surface area contributed by atoms with Crippen LogP contribution in [0.1, 0.15) is 10.6 Å². The molecule has 5 rings (SSSR count). The van der Waals surface area contributed by atoms with Gasteiger partial charge in [0.05, 0.1) is 15.6 Å². The first-order valence-electron chi connectivity index (χ1n) is 8.64. The van der Waals surface area contributed by atoms with Gasteiger partial charge in [-0.1, -0.05) is 29.5 Å². The molecule has 8 nitrogen and oxygen atoms in total. The highest BCUT2D eigenvalue weighted by Crippen LogP contribution is 2.31. The summed E-state index contributed by atoms with van der Waals surface area (Å²) in [6.45, 7) is -0.368. The highest BCUT2D eigenvalue weighted by molar-refractivity contribution is 7.21. The first-order valence-corrected chi connectivity index (χ1v) is 9.46. The zero-order valence-electron chi connectivity index (χ0n) is 14.8. The van der Waals surface area contributed by atoms with Crippen molar-refractivity contribution in [3.8, 4) is 10.8 Å². The van der Waals surface area contributed by atoms with Crippen molar-refractivity contribution in [3.63, 3.8) is 0 Å². The van der Waals surface area contributed by atoms with Gasteiger partial charge in [0.25, 0.3) is 5.56 Å². The molecule has 0 amide bonds. The van der Waals surface area contributed by atoms with Crippen molar-refractivity contribution in [1.29, 1.82) is 0 Å². The van der Waals surface area contributed by atoms with Crippen molar-refractivity contribution in [2.45, 2.75) is 6.73 Å². The minimum absolute atomic E-state index is 0.0149. The maximum absolute atomic E-state index is 12.4. The molecular formula is C20H12N4O4S. The van der Waals surface area contributed by atoms with Gasteiger partial charge in [-0.15, -0.1) is 16.4 Å². The molecule has 9 heteroatoms. The van der Waals surface area contributed by atoms with Crippen LogP contribution >= 0.6 is 11.3 Å². The van der Waals surface area contributed by atoms with Crippen molar-refractivity contribution >= 4 is 38.4 Å². The average Bonchev–Trinajstić information content (AvgIpc) is 3.40. The molecule has 0 saturated carbocycles. The van der Waals surface area contributed by atoms with E-state index in [0.29, 0.717) is 21.7 Å². The summed E-state index contributed by atoms with van der Waals surface area (Å²) in [4.78, 5) is 29.2. The number of hydrogen-bond acceptors (Lipinski definition) is 8. The molecular weight excluding hydrogens is 392 g/mol. The normalized spacial score (nSPS) is 11.2. The SMILES string of the molecule is O=C(OCn1nnc2ccccc2c1=O)c1ccc(-c2nc3ccccc3s2)o1. The van der Waals surface area contributed by atoms with Gasteiger partial charge in [0.1, 0.15) is 5.52 Å². The van der Waals surface area contributed by atoms with E-state index in [1.807, 2.05) is 24.3 Å². The fraction of sp³-hybridized carbons (Fsp3) is 0.0500. The van der Waals surface area contributed by atoms with Crippen LogP contribution in [-0.2, 0) is 11.5 Å². The minimum atomic E-state index is -0.709. The monoisotopic (exact) mass is 404 g/mol. The Labute approximate surface area is 167 Å². The number of hydrogen-bond donors (Lipinski definition) is 0. The van der Waals surface area contributed by atoms with Crippen LogP contribution in [0.3, 0.4) is 0 Å². The Hall–Kier alpha value is -3.85. The van der Waals surface area contributed by atoms with E-state index in [0.717, 1.165) is 14.9 Å². The molecule has 0 atom stereocenters. The lowest BCUT2D eigenvalue weighted by molar-refractivity contribution is 0.0301. The Morgan fingerprint density at radius 3 is 2.69 bits per heavy atom. The van der Waals surface area contributed by atoms with Gasteiger partial charge in [0, 0.05) is 0 Å². The average molecular weight is 404 g/mol. The Bertz CT molecular complexity index is 1390. The van der Waals surface area contributed by atoms with Crippen LogP contribution in [0.15, 0.2) is 69.9 Å². The Kier molecular flexibility index (Phi) is 4.14. The zero-order valence-corrected chi connectivity index (χ0v) is 15.6. The predicted octanol–water partition coefficient (Wildman–Crippen LogP) is 3.48. The third-order valence-electron chi connectivity index (χ3n) is 4.26. The van der Waals surface area contributed by atoms with Gasteiger partial charge in [-0.3, -0.25) is 4.79 Å². The molecule has 0 aliphatic heterocycles. The third kappa shape index (κ3) is 3.17. The summed E-state index contributed by atoms with van der Waals surface area (Å²) in [5, 5.41) is 8.80. The number of benzene rings is 2. The van der Waals surface area contributed by atoms with Crippen molar-refractivity contribution < 1.29 is 13.9 Å². The fourth-order valence-electron chi connectivity index (χ4n) is 2.84. The molecule has 0 fully saturated rings. The summed E-state index contributed by atoms with van der Waals surface area (Å²) in [5.74, 6) is -0.221. The highest BCUT2D eigenvalue weighted by Gasteiger charge is 2.17. The van der Waals surface area contributed by atoms with Crippen molar-refractivity contribution in [2.24, 2.45) is 0 Å². The molecule has 0 N–H and O–H groups in total. The van der Waals surface area contributed by atoms with Gasteiger partial charge in [0.2, 0.25) is 5.76 Å². The van der Waals surface area contributed by atoms with Gasteiger partial charge >= 0.3 is 5.97 Å². The number of carbonyl (C=O) groups is 1. The van der Waals surface area contributed by atoms with Crippen LogP contribution in [0.4, 0.5) is 0 Å². The van der Waals surface area contributed by atoms with E-state index >= 15 is 0 Å². The van der Waals surface area contributed by atoms with E-state index in [9.17, 15) is 9.59 Å². The summed E-state index contributed by atoms with van der Waals surface area (Å²) in [6.07, 6.45) is 0. The van der Waals surface area contributed by atoms with Gasteiger partial charge in [0.15, 0.2) is 17.5 Å². The number of nitrogens with zero attached hydrogens (tertiary/aromatic N) is 4. The van der Waals surface area contributed by atoms with Crippen molar-refractivity contribution in [1.82, 2.24) is 20.0 Å². The molecule has 142 valence electrons. The topological polar surface area (TPSA) is 100 Å². The molecule has 0 unspecified atom stereocenters. The summed E-state index contributed by atoms with van der Waals surface area (Å²) in [6, 6.07) is 17.7. The van der Waals surface area contributed by atoms with E-state index < -0.39 is 11.5 Å². The Balaban J connectivity index is 1.34. The largest absolute Gasteiger partial charge is 0.447 e. The number of rotatable bonds is 4. The van der Waals surface area contributed by atoms with E-state index in [1.165, 1.54) is 17.4 Å². The van der Waals surface area contributed by atoms with Crippen LogP contribution < -0.4 is 5.56 Å². The molecule has 29 heavy (non-hydrogen) atoms. The molecule has 0 saturated heterocycles. The lowest BCUT2D eigenvalue weighted by Crippen LogP contribution is -2.26. The summed E-state index contributed by atoms with van der Waals surface area (Å²) in [5.41, 5.74) is 0.951. The number of carbonyl (C=O) groups excluding carboxylic acids is 1. The lowest BCUT2D eigenvalue weighted by atomic mass is 10.2. The molecule has 0 spiro atoms. The maximum atomic E-state index is 12.4. The number of furan rings is 1. The quantitative estimate of drug-likeness (QED) is 0.423. The van der Waals surface area contributed by atoms with Gasteiger partial charge in [-0.05, 0) is 36.4 Å². The summed E-state index contributed by atoms with van der Waals surface area (Å²) < 4.78 is 12.8. The van der Waals surface area contributed by atoms with Crippen LogP contribution in [0.5, 0.6) is 0 Å². The zero-order chi connectivity index (χ0) is 19.8.